The van der Waals surface area contributed by atoms with Gasteiger partial charge in [0.2, 0.25) is 5.78 Å². The highest BCUT2D eigenvalue weighted by molar-refractivity contribution is 9.10. The summed E-state index contributed by atoms with van der Waals surface area (Å²) in [6.07, 6.45) is 3.78. The number of carbonyl (C=O) groups excluding carboxylic acids is 1. The quantitative estimate of drug-likeness (QED) is 0.779. The maximum atomic E-state index is 12.2. The van der Waals surface area contributed by atoms with Crippen LogP contribution in [0.4, 0.5) is 0 Å². The molecule has 92 valence electrons. The lowest BCUT2D eigenvalue weighted by atomic mass is 9.79. The van der Waals surface area contributed by atoms with Gasteiger partial charge in [-0.3, -0.25) is 4.79 Å². The Labute approximate surface area is 114 Å². The molecular weight excluding hydrogens is 292 g/mol. The molecule has 1 heterocycles. The Kier molecular flexibility index (Phi) is 3.08. The molecule has 3 heteroatoms. The first-order chi connectivity index (χ1) is 8.74. The SMILES string of the molecule is O=C(c1cccc(C2CCC2)c1)c1ccc(Br)o1. The normalized spacial score (nSPS) is 15.4. The molecule has 1 fully saturated rings. The van der Waals surface area contributed by atoms with Gasteiger partial charge in [-0.25, -0.2) is 0 Å². The van der Waals surface area contributed by atoms with E-state index in [0.29, 0.717) is 21.9 Å². The minimum absolute atomic E-state index is 0.0538. The van der Waals surface area contributed by atoms with E-state index in [1.807, 2.05) is 18.2 Å². The van der Waals surface area contributed by atoms with Gasteiger partial charge in [0.05, 0.1) is 0 Å². The van der Waals surface area contributed by atoms with Gasteiger partial charge in [-0.2, -0.15) is 0 Å². The number of halogens is 1. The van der Waals surface area contributed by atoms with Crippen molar-refractivity contribution in [1.82, 2.24) is 0 Å². The minimum atomic E-state index is -0.0538. The summed E-state index contributed by atoms with van der Waals surface area (Å²) in [5.41, 5.74) is 1.99. The molecule has 0 bridgehead atoms. The first-order valence-electron chi connectivity index (χ1n) is 6.14. The van der Waals surface area contributed by atoms with Crippen molar-refractivity contribution in [3.05, 3.63) is 58.0 Å². The first-order valence-corrected chi connectivity index (χ1v) is 6.93. The molecule has 18 heavy (non-hydrogen) atoms. The zero-order chi connectivity index (χ0) is 12.5. The van der Waals surface area contributed by atoms with Crippen LogP contribution in [0.5, 0.6) is 0 Å². The molecule has 3 rings (SSSR count). The fraction of sp³-hybridized carbons (Fsp3) is 0.267. The van der Waals surface area contributed by atoms with Crippen LogP contribution in [0.3, 0.4) is 0 Å². The van der Waals surface area contributed by atoms with Crippen molar-refractivity contribution in [2.24, 2.45) is 0 Å². The summed E-state index contributed by atoms with van der Waals surface area (Å²) < 4.78 is 5.89. The lowest BCUT2D eigenvalue weighted by Crippen LogP contribution is -2.10. The summed E-state index contributed by atoms with van der Waals surface area (Å²) in [5, 5.41) is 0. The van der Waals surface area contributed by atoms with Crippen LogP contribution in [-0.4, -0.2) is 5.78 Å². The fourth-order valence-electron chi connectivity index (χ4n) is 2.25. The van der Waals surface area contributed by atoms with E-state index in [0.717, 1.165) is 0 Å². The average Bonchev–Trinajstić information content (AvgIpc) is 2.73. The van der Waals surface area contributed by atoms with E-state index in [1.54, 1.807) is 12.1 Å². The zero-order valence-electron chi connectivity index (χ0n) is 9.86. The van der Waals surface area contributed by atoms with Gasteiger partial charge in [0.15, 0.2) is 10.4 Å². The molecule has 0 atom stereocenters. The number of hydrogen-bond donors (Lipinski definition) is 0. The van der Waals surface area contributed by atoms with Gasteiger partial charge in [0.1, 0.15) is 0 Å². The summed E-state index contributed by atoms with van der Waals surface area (Å²) in [4.78, 5) is 12.2. The van der Waals surface area contributed by atoms with Crippen LogP contribution in [0, 0.1) is 0 Å². The third-order valence-corrected chi connectivity index (χ3v) is 3.95. The fourth-order valence-corrected chi connectivity index (χ4v) is 2.56. The van der Waals surface area contributed by atoms with Gasteiger partial charge in [-0.15, -0.1) is 0 Å². The topological polar surface area (TPSA) is 30.2 Å². The van der Waals surface area contributed by atoms with Crippen molar-refractivity contribution in [2.75, 3.05) is 0 Å². The predicted octanol–water partition coefficient (Wildman–Crippen LogP) is 4.54. The second-order valence-corrected chi connectivity index (χ2v) is 5.47. The van der Waals surface area contributed by atoms with Crippen molar-refractivity contribution >= 4 is 21.7 Å². The minimum Gasteiger partial charge on any atom is -0.446 e. The van der Waals surface area contributed by atoms with E-state index in [4.69, 9.17) is 4.42 Å². The molecule has 1 aromatic heterocycles. The average molecular weight is 305 g/mol. The van der Waals surface area contributed by atoms with Gasteiger partial charge in [-0.1, -0.05) is 24.6 Å². The zero-order valence-corrected chi connectivity index (χ0v) is 11.4. The highest BCUT2D eigenvalue weighted by atomic mass is 79.9. The van der Waals surface area contributed by atoms with E-state index in [-0.39, 0.29) is 5.78 Å². The van der Waals surface area contributed by atoms with Crippen molar-refractivity contribution in [3.8, 4) is 0 Å². The molecule has 1 aliphatic carbocycles. The second kappa shape index (κ2) is 4.73. The summed E-state index contributed by atoms with van der Waals surface area (Å²) in [6, 6.07) is 11.4. The van der Waals surface area contributed by atoms with E-state index in [9.17, 15) is 4.79 Å². The van der Waals surface area contributed by atoms with Gasteiger partial charge in [0, 0.05) is 5.56 Å². The third-order valence-electron chi connectivity index (χ3n) is 3.52. The van der Waals surface area contributed by atoms with Crippen LogP contribution >= 0.6 is 15.9 Å². The smallest absolute Gasteiger partial charge is 0.228 e. The van der Waals surface area contributed by atoms with Gasteiger partial charge in [0.25, 0.3) is 0 Å². The molecule has 2 nitrogen and oxygen atoms in total. The Bertz CT molecular complexity index is 582. The maximum absolute atomic E-state index is 12.2. The Balaban J connectivity index is 1.89. The van der Waals surface area contributed by atoms with Crippen LogP contribution in [0.25, 0.3) is 0 Å². The molecule has 1 aromatic carbocycles. The molecule has 0 unspecified atom stereocenters. The molecule has 0 radical (unpaired) electrons. The van der Waals surface area contributed by atoms with Crippen LogP contribution in [0.15, 0.2) is 45.5 Å². The van der Waals surface area contributed by atoms with Gasteiger partial charge < -0.3 is 4.42 Å². The Morgan fingerprint density at radius 3 is 2.67 bits per heavy atom. The largest absolute Gasteiger partial charge is 0.446 e. The summed E-state index contributed by atoms with van der Waals surface area (Å²) >= 11 is 3.21. The molecule has 0 N–H and O–H groups in total. The second-order valence-electron chi connectivity index (χ2n) is 4.69. The van der Waals surface area contributed by atoms with Crippen LogP contribution in [0.1, 0.15) is 46.9 Å². The van der Waals surface area contributed by atoms with Crippen LogP contribution < -0.4 is 0 Å². The molecular formula is C15H13BrO2. The van der Waals surface area contributed by atoms with E-state index in [2.05, 4.69) is 22.0 Å². The lowest BCUT2D eigenvalue weighted by Gasteiger charge is -2.25. The molecule has 1 saturated carbocycles. The molecule has 0 aliphatic heterocycles. The lowest BCUT2D eigenvalue weighted by molar-refractivity contribution is 0.101. The third kappa shape index (κ3) is 2.15. The standard InChI is InChI=1S/C15H13BrO2/c16-14-8-7-13(18-14)15(17)12-6-2-5-11(9-12)10-3-1-4-10/h2,5-10H,1,3-4H2. The number of ketones is 1. The molecule has 1 aliphatic rings. The van der Waals surface area contributed by atoms with Crippen molar-refractivity contribution in [1.29, 1.82) is 0 Å². The summed E-state index contributed by atoms with van der Waals surface area (Å²) in [7, 11) is 0. The number of furan rings is 1. The first kappa shape index (κ1) is 11.7. The molecule has 2 aromatic rings. The molecule has 0 saturated heterocycles. The summed E-state index contributed by atoms with van der Waals surface area (Å²) in [5.74, 6) is 0.968. The highest BCUT2D eigenvalue weighted by Gasteiger charge is 2.21. The monoisotopic (exact) mass is 304 g/mol. The number of carbonyl (C=O) groups is 1. The van der Waals surface area contributed by atoms with Crippen molar-refractivity contribution < 1.29 is 9.21 Å². The van der Waals surface area contributed by atoms with E-state index < -0.39 is 0 Å². The van der Waals surface area contributed by atoms with Crippen molar-refractivity contribution in [2.45, 2.75) is 25.2 Å². The number of hydrogen-bond acceptors (Lipinski definition) is 2. The molecule has 0 spiro atoms. The Hall–Kier alpha value is -1.35. The van der Waals surface area contributed by atoms with Gasteiger partial charge >= 0.3 is 0 Å². The summed E-state index contributed by atoms with van der Waals surface area (Å²) in [6.45, 7) is 0. The highest BCUT2D eigenvalue weighted by Crippen LogP contribution is 2.36. The predicted molar refractivity (Wildman–Crippen MR) is 72.9 cm³/mol. The Morgan fingerprint density at radius 1 is 1.22 bits per heavy atom. The van der Waals surface area contributed by atoms with Crippen molar-refractivity contribution in [3.63, 3.8) is 0 Å². The molecule has 0 amide bonds. The Morgan fingerprint density at radius 2 is 2.06 bits per heavy atom. The van der Waals surface area contributed by atoms with E-state index >= 15 is 0 Å². The maximum Gasteiger partial charge on any atom is 0.228 e. The number of benzene rings is 1. The van der Waals surface area contributed by atoms with Gasteiger partial charge in [-0.05, 0) is 58.5 Å². The number of rotatable bonds is 3. The van der Waals surface area contributed by atoms with E-state index in [1.165, 1.54) is 24.8 Å². The van der Waals surface area contributed by atoms with Crippen LogP contribution in [-0.2, 0) is 0 Å². The van der Waals surface area contributed by atoms with Crippen LogP contribution in [0.2, 0.25) is 0 Å².